The Bertz CT molecular complexity index is 964. The molecule has 27 heavy (non-hydrogen) atoms. The average molecular weight is 396 g/mol. The Morgan fingerprint density at radius 1 is 1.11 bits per heavy atom. The van der Waals surface area contributed by atoms with Crippen LogP contribution in [0.15, 0.2) is 60.8 Å². The Labute approximate surface area is 167 Å². The van der Waals surface area contributed by atoms with E-state index in [1.54, 1.807) is 24.4 Å². The van der Waals surface area contributed by atoms with Crippen molar-refractivity contribution in [3.8, 4) is 6.07 Å². The van der Waals surface area contributed by atoms with E-state index in [1.165, 1.54) is 12.1 Å². The van der Waals surface area contributed by atoms with E-state index in [-0.39, 0.29) is 10.9 Å². The molecule has 1 amide bonds. The molecule has 0 saturated heterocycles. The van der Waals surface area contributed by atoms with Gasteiger partial charge in [-0.3, -0.25) is 9.78 Å². The van der Waals surface area contributed by atoms with Crippen molar-refractivity contribution < 1.29 is 4.79 Å². The van der Waals surface area contributed by atoms with Gasteiger partial charge in [0.2, 0.25) is 0 Å². The number of benzene rings is 2. The fourth-order valence-corrected chi connectivity index (χ4v) is 2.94. The second kappa shape index (κ2) is 8.22. The second-order valence-electron chi connectivity index (χ2n) is 6.02. The summed E-state index contributed by atoms with van der Waals surface area (Å²) in [6.45, 7) is 1.95. The van der Waals surface area contributed by atoms with Crippen molar-refractivity contribution in [3.05, 3.63) is 98.8 Å². The van der Waals surface area contributed by atoms with E-state index in [2.05, 4.69) is 10.3 Å². The zero-order valence-electron chi connectivity index (χ0n) is 14.4. The van der Waals surface area contributed by atoms with Crippen LogP contribution in [0, 0.1) is 18.3 Å². The van der Waals surface area contributed by atoms with E-state index in [0.29, 0.717) is 21.8 Å². The van der Waals surface area contributed by atoms with Crippen LogP contribution < -0.4 is 5.32 Å². The number of carbonyl (C=O) groups excluding carboxylic acids is 1. The van der Waals surface area contributed by atoms with Gasteiger partial charge in [-0.1, -0.05) is 41.4 Å². The van der Waals surface area contributed by atoms with Crippen LogP contribution in [-0.4, -0.2) is 10.9 Å². The van der Waals surface area contributed by atoms with E-state index < -0.39 is 6.04 Å². The Morgan fingerprint density at radius 2 is 1.85 bits per heavy atom. The first kappa shape index (κ1) is 18.9. The zero-order chi connectivity index (χ0) is 19.4. The van der Waals surface area contributed by atoms with Gasteiger partial charge in [-0.25, -0.2) is 0 Å². The normalized spacial score (nSPS) is 11.5. The summed E-state index contributed by atoms with van der Waals surface area (Å²) in [6.07, 6.45) is 1.75. The summed E-state index contributed by atoms with van der Waals surface area (Å²) in [6, 6.07) is 17.1. The summed E-state index contributed by atoms with van der Waals surface area (Å²) in [4.78, 5) is 17.2. The van der Waals surface area contributed by atoms with Crippen LogP contribution in [0.1, 0.15) is 38.8 Å². The molecule has 2 aromatic carbocycles. The third-order valence-electron chi connectivity index (χ3n) is 4.06. The molecule has 1 aromatic heterocycles. The lowest BCUT2D eigenvalue weighted by Crippen LogP contribution is -2.30. The molecule has 1 heterocycles. The van der Waals surface area contributed by atoms with Gasteiger partial charge in [-0.2, -0.15) is 5.26 Å². The van der Waals surface area contributed by atoms with Gasteiger partial charge in [-0.05, 0) is 54.4 Å². The molecule has 0 unspecified atom stereocenters. The Kier molecular flexibility index (Phi) is 5.75. The summed E-state index contributed by atoms with van der Waals surface area (Å²) in [5.74, 6) is -0.316. The van der Waals surface area contributed by atoms with E-state index in [1.807, 2.05) is 37.3 Å². The number of carbonyl (C=O) groups is 1. The first-order chi connectivity index (χ1) is 13.0. The molecule has 0 bridgehead atoms. The molecule has 1 atom stereocenters. The molecule has 0 fully saturated rings. The number of nitrogens with zero attached hydrogens (tertiary/aromatic N) is 2. The third kappa shape index (κ3) is 4.46. The standard InChI is InChI=1S/C21H15Cl2N3O/c1-13-2-9-19(25-12-13)20(14-5-7-17(22)8-6-14)26-21(27)15-3-4-16(11-24)18(23)10-15/h2-10,12,20H,1H3,(H,26,27)/t20-/m0/s1. The zero-order valence-corrected chi connectivity index (χ0v) is 15.9. The number of pyridine rings is 1. The predicted octanol–water partition coefficient (Wildman–Crippen LogP) is 5.09. The van der Waals surface area contributed by atoms with E-state index >= 15 is 0 Å². The number of nitrogens with one attached hydrogen (secondary N) is 1. The van der Waals surface area contributed by atoms with Gasteiger partial charge in [0.05, 0.1) is 22.3 Å². The van der Waals surface area contributed by atoms with Crippen molar-refractivity contribution in [2.45, 2.75) is 13.0 Å². The highest BCUT2D eigenvalue weighted by molar-refractivity contribution is 6.32. The Morgan fingerprint density at radius 3 is 2.44 bits per heavy atom. The largest absolute Gasteiger partial charge is 0.340 e. The van der Waals surface area contributed by atoms with Crippen LogP contribution in [-0.2, 0) is 0 Å². The van der Waals surface area contributed by atoms with Crippen LogP contribution in [0.5, 0.6) is 0 Å². The maximum absolute atomic E-state index is 12.8. The van der Waals surface area contributed by atoms with Crippen LogP contribution in [0.3, 0.4) is 0 Å². The van der Waals surface area contributed by atoms with Gasteiger partial charge < -0.3 is 5.32 Å². The maximum Gasteiger partial charge on any atom is 0.252 e. The highest BCUT2D eigenvalue weighted by Crippen LogP contribution is 2.24. The highest BCUT2D eigenvalue weighted by Gasteiger charge is 2.19. The van der Waals surface area contributed by atoms with Gasteiger partial charge >= 0.3 is 0 Å². The van der Waals surface area contributed by atoms with Gasteiger partial charge in [0, 0.05) is 16.8 Å². The minimum atomic E-state index is -0.454. The quantitative estimate of drug-likeness (QED) is 0.668. The van der Waals surface area contributed by atoms with E-state index in [9.17, 15) is 4.79 Å². The molecular formula is C21H15Cl2N3O. The van der Waals surface area contributed by atoms with Crippen molar-refractivity contribution in [2.75, 3.05) is 0 Å². The van der Waals surface area contributed by atoms with E-state index in [0.717, 1.165) is 11.1 Å². The molecule has 3 aromatic rings. The predicted molar refractivity (Wildman–Crippen MR) is 106 cm³/mol. The number of rotatable bonds is 4. The molecule has 0 spiro atoms. The van der Waals surface area contributed by atoms with Crippen LogP contribution >= 0.6 is 23.2 Å². The molecule has 0 saturated carbocycles. The maximum atomic E-state index is 12.8. The first-order valence-electron chi connectivity index (χ1n) is 8.16. The molecular weight excluding hydrogens is 381 g/mol. The van der Waals surface area contributed by atoms with Crippen molar-refractivity contribution in [2.24, 2.45) is 0 Å². The average Bonchev–Trinajstić information content (AvgIpc) is 2.67. The summed E-state index contributed by atoms with van der Waals surface area (Å²) in [7, 11) is 0. The molecule has 0 aliphatic carbocycles. The molecule has 134 valence electrons. The third-order valence-corrected chi connectivity index (χ3v) is 4.63. The molecule has 0 radical (unpaired) electrons. The Balaban J connectivity index is 1.94. The minimum Gasteiger partial charge on any atom is -0.340 e. The van der Waals surface area contributed by atoms with Crippen LogP contribution in [0.25, 0.3) is 0 Å². The Hall–Kier alpha value is -2.87. The van der Waals surface area contributed by atoms with Crippen LogP contribution in [0.4, 0.5) is 0 Å². The summed E-state index contributed by atoms with van der Waals surface area (Å²) >= 11 is 12.0. The number of aromatic nitrogens is 1. The lowest BCUT2D eigenvalue weighted by Gasteiger charge is -2.19. The molecule has 0 aliphatic rings. The minimum absolute atomic E-state index is 0.238. The van der Waals surface area contributed by atoms with Gasteiger partial charge in [0.25, 0.3) is 5.91 Å². The molecule has 3 rings (SSSR count). The lowest BCUT2D eigenvalue weighted by molar-refractivity contribution is 0.0942. The topological polar surface area (TPSA) is 65.8 Å². The molecule has 4 nitrogen and oxygen atoms in total. The number of halogens is 2. The second-order valence-corrected chi connectivity index (χ2v) is 6.87. The SMILES string of the molecule is Cc1ccc([C@@H](NC(=O)c2ccc(C#N)c(Cl)c2)c2ccc(Cl)cc2)nc1. The molecule has 6 heteroatoms. The fraction of sp³-hybridized carbons (Fsp3) is 0.0952. The smallest absolute Gasteiger partial charge is 0.252 e. The summed E-state index contributed by atoms with van der Waals surface area (Å²) < 4.78 is 0. The number of hydrogen-bond donors (Lipinski definition) is 1. The van der Waals surface area contributed by atoms with Gasteiger partial charge in [0.1, 0.15) is 6.07 Å². The van der Waals surface area contributed by atoms with Crippen molar-refractivity contribution in [1.82, 2.24) is 10.3 Å². The van der Waals surface area contributed by atoms with Crippen molar-refractivity contribution in [1.29, 1.82) is 5.26 Å². The number of hydrogen-bond acceptors (Lipinski definition) is 3. The number of aryl methyl sites for hydroxylation is 1. The number of nitriles is 1. The summed E-state index contributed by atoms with van der Waals surface area (Å²) in [5, 5.41) is 12.8. The first-order valence-corrected chi connectivity index (χ1v) is 8.92. The number of amides is 1. The summed E-state index contributed by atoms with van der Waals surface area (Å²) in [5.41, 5.74) is 3.27. The van der Waals surface area contributed by atoms with Crippen molar-refractivity contribution >= 4 is 29.1 Å². The fourth-order valence-electron chi connectivity index (χ4n) is 2.59. The van der Waals surface area contributed by atoms with Gasteiger partial charge in [-0.15, -0.1) is 0 Å². The molecule has 1 N–H and O–H groups in total. The monoisotopic (exact) mass is 395 g/mol. The lowest BCUT2D eigenvalue weighted by atomic mass is 10.0. The van der Waals surface area contributed by atoms with Crippen LogP contribution in [0.2, 0.25) is 10.0 Å². The molecule has 0 aliphatic heterocycles. The van der Waals surface area contributed by atoms with Crippen molar-refractivity contribution in [3.63, 3.8) is 0 Å². The van der Waals surface area contributed by atoms with E-state index in [4.69, 9.17) is 28.5 Å². The van der Waals surface area contributed by atoms with Gasteiger partial charge in [0.15, 0.2) is 0 Å². The highest BCUT2D eigenvalue weighted by atomic mass is 35.5.